The van der Waals surface area contributed by atoms with Gasteiger partial charge in [-0.3, -0.25) is 0 Å². The van der Waals surface area contributed by atoms with Gasteiger partial charge in [-0.05, 0) is 154 Å². The van der Waals surface area contributed by atoms with Gasteiger partial charge in [0.05, 0.1) is 11.4 Å². The summed E-state index contributed by atoms with van der Waals surface area (Å²) in [5, 5.41) is 2.33. The first-order chi connectivity index (χ1) is 32.1. The van der Waals surface area contributed by atoms with Crippen LogP contribution in [0.3, 0.4) is 0 Å². The van der Waals surface area contributed by atoms with Gasteiger partial charge in [0.25, 0.3) is 0 Å². The molecule has 1 spiro atoms. The third-order valence-electron chi connectivity index (χ3n) is 15.9. The lowest BCUT2D eigenvalue weighted by Gasteiger charge is -2.61. The minimum absolute atomic E-state index is 0.0302. The van der Waals surface area contributed by atoms with Crippen LogP contribution in [0, 0.1) is 23.7 Å². The van der Waals surface area contributed by atoms with E-state index in [2.05, 4.69) is 182 Å². The molecule has 0 aliphatic heterocycles. The van der Waals surface area contributed by atoms with Gasteiger partial charge in [-0.2, -0.15) is 0 Å². The predicted molar refractivity (Wildman–Crippen MR) is 265 cm³/mol. The quantitative estimate of drug-likeness (QED) is 0.167. The predicted octanol–water partition coefficient (Wildman–Crippen LogP) is 16.1. The van der Waals surface area contributed by atoms with E-state index in [9.17, 15) is 0 Å². The SMILES string of the molecule is c1ccc(-c2cc(-c3ccccc3)nc(-c3ccc(-c4cccc(-c5cc(-c6ccc7oc8ccccc8c7c6)cc6c5C5(c7ccccc7-6)C6CC7CC(C6)CC5C7)c4)cc3)n2)cc1. The molecule has 0 atom stereocenters. The van der Waals surface area contributed by atoms with Crippen molar-refractivity contribution < 1.29 is 4.42 Å². The van der Waals surface area contributed by atoms with Gasteiger partial charge in [0, 0.05) is 32.9 Å². The van der Waals surface area contributed by atoms with Crippen molar-refractivity contribution in [1.82, 2.24) is 9.97 Å². The van der Waals surface area contributed by atoms with Crippen molar-refractivity contribution in [3.63, 3.8) is 0 Å². The standard InChI is InChI=1S/C62H46N2O/c1-3-12-41(13-4-1)56-37-57(42-14-5-2-6-15-42)64-61(63-56)43-24-22-40(23-25-43)44-16-11-17-46(33-44)52-35-47(45-26-27-59-53(34-45)51-19-8-10-21-58(51)65-59)36-54-50-18-7-9-20-55(50)62(60(52)54)48-29-38-28-39(31-48)32-49(62)30-38/h1-27,33-39,48-49H,28-32H2. The number of fused-ring (bicyclic) bond motifs is 6. The molecule has 3 heteroatoms. The molecular formula is C62H46N2O. The van der Waals surface area contributed by atoms with Crippen LogP contribution in [0.4, 0.5) is 0 Å². The third kappa shape index (κ3) is 5.74. The molecule has 8 aromatic carbocycles. The highest BCUT2D eigenvalue weighted by molar-refractivity contribution is 6.06. The first-order valence-corrected chi connectivity index (χ1v) is 23.6. The van der Waals surface area contributed by atoms with E-state index in [1.807, 2.05) is 12.1 Å². The monoisotopic (exact) mass is 834 g/mol. The van der Waals surface area contributed by atoms with E-state index in [0.717, 1.165) is 67.7 Å². The lowest BCUT2D eigenvalue weighted by Crippen LogP contribution is -2.55. The average Bonchev–Trinajstić information content (AvgIpc) is 3.89. The van der Waals surface area contributed by atoms with Crippen molar-refractivity contribution in [1.29, 1.82) is 0 Å². The Morgan fingerprint density at radius 2 is 0.938 bits per heavy atom. The van der Waals surface area contributed by atoms with E-state index in [1.165, 1.54) is 76.6 Å². The lowest BCUT2D eigenvalue weighted by molar-refractivity contribution is -0.0397. The van der Waals surface area contributed by atoms with Gasteiger partial charge in [-0.15, -0.1) is 0 Å². The maximum atomic E-state index is 6.31. The van der Waals surface area contributed by atoms with Crippen LogP contribution in [0.15, 0.2) is 199 Å². The molecule has 65 heavy (non-hydrogen) atoms. The Bertz CT molecular complexity index is 3410. The number of para-hydroxylation sites is 1. The van der Waals surface area contributed by atoms with E-state index >= 15 is 0 Å². The molecule has 0 radical (unpaired) electrons. The minimum Gasteiger partial charge on any atom is -0.456 e. The summed E-state index contributed by atoms with van der Waals surface area (Å²) in [4.78, 5) is 10.2. The van der Waals surface area contributed by atoms with Gasteiger partial charge in [-0.1, -0.05) is 152 Å². The van der Waals surface area contributed by atoms with E-state index in [0.29, 0.717) is 11.8 Å². The number of aromatic nitrogens is 2. The molecule has 5 aliphatic carbocycles. The summed E-state index contributed by atoms with van der Waals surface area (Å²) in [7, 11) is 0. The van der Waals surface area contributed by atoms with Crippen LogP contribution in [-0.2, 0) is 5.41 Å². The molecule has 0 unspecified atom stereocenters. The van der Waals surface area contributed by atoms with Crippen LogP contribution in [0.1, 0.15) is 43.2 Å². The summed E-state index contributed by atoms with van der Waals surface area (Å²) in [6, 6.07) is 70.9. The zero-order valence-electron chi connectivity index (χ0n) is 36.1. The molecule has 4 fully saturated rings. The van der Waals surface area contributed by atoms with E-state index in [1.54, 1.807) is 11.1 Å². The second kappa shape index (κ2) is 14.3. The van der Waals surface area contributed by atoms with E-state index in [4.69, 9.17) is 14.4 Å². The Morgan fingerprint density at radius 1 is 0.369 bits per heavy atom. The number of furan rings is 1. The largest absolute Gasteiger partial charge is 0.456 e. The Morgan fingerprint density at radius 3 is 1.68 bits per heavy atom. The van der Waals surface area contributed by atoms with E-state index < -0.39 is 0 Å². The fourth-order valence-corrected chi connectivity index (χ4v) is 13.4. The maximum absolute atomic E-state index is 6.31. The van der Waals surface area contributed by atoms with Gasteiger partial charge >= 0.3 is 0 Å². The molecule has 3 nitrogen and oxygen atoms in total. The number of rotatable bonds is 6. The molecule has 2 aromatic heterocycles. The van der Waals surface area contributed by atoms with Gasteiger partial charge in [-0.25, -0.2) is 9.97 Å². The second-order valence-electron chi connectivity index (χ2n) is 19.3. The van der Waals surface area contributed by atoms with Crippen LogP contribution < -0.4 is 0 Å². The molecule has 10 aromatic rings. The zero-order valence-corrected chi connectivity index (χ0v) is 36.1. The molecule has 2 heterocycles. The molecule has 4 saturated carbocycles. The van der Waals surface area contributed by atoms with Crippen LogP contribution >= 0.6 is 0 Å². The number of nitrogens with zero attached hydrogens (tertiary/aromatic N) is 2. The molecule has 310 valence electrons. The summed E-state index contributed by atoms with van der Waals surface area (Å²) in [5.41, 5.74) is 20.4. The third-order valence-corrected chi connectivity index (χ3v) is 15.9. The first kappa shape index (κ1) is 37.1. The van der Waals surface area contributed by atoms with Gasteiger partial charge < -0.3 is 4.42 Å². The second-order valence-corrected chi connectivity index (χ2v) is 19.3. The highest BCUT2D eigenvalue weighted by Crippen LogP contribution is 2.70. The zero-order chi connectivity index (χ0) is 42.6. The summed E-state index contributed by atoms with van der Waals surface area (Å²) >= 11 is 0. The maximum Gasteiger partial charge on any atom is 0.160 e. The highest BCUT2D eigenvalue weighted by atomic mass is 16.3. The van der Waals surface area contributed by atoms with Crippen molar-refractivity contribution >= 4 is 21.9 Å². The van der Waals surface area contributed by atoms with Gasteiger partial charge in [0.2, 0.25) is 0 Å². The topological polar surface area (TPSA) is 38.9 Å². The van der Waals surface area contributed by atoms with Crippen molar-refractivity contribution in [3.8, 4) is 78.4 Å². The van der Waals surface area contributed by atoms with Gasteiger partial charge in [0.15, 0.2) is 5.82 Å². The van der Waals surface area contributed by atoms with Crippen molar-refractivity contribution in [2.45, 2.75) is 37.5 Å². The van der Waals surface area contributed by atoms with Crippen LogP contribution in [0.2, 0.25) is 0 Å². The Kier molecular flexibility index (Phi) is 8.17. The van der Waals surface area contributed by atoms with Crippen molar-refractivity contribution in [3.05, 3.63) is 205 Å². The van der Waals surface area contributed by atoms with Crippen LogP contribution in [-0.4, -0.2) is 9.97 Å². The molecule has 15 rings (SSSR count). The molecule has 5 aliphatic rings. The Hall–Kier alpha value is -7.36. The fourth-order valence-electron chi connectivity index (χ4n) is 13.4. The van der Waals surface area contributed by atoms with Crippen LogP contribution in [0.25, 0.3) is 100 Å². The molecule has 0 N–H and O–H groups in total. The fraction of sp³-hybridized carbons (Fsp3) is 0.161. The average molecular weight is 835 g/mol. The van der Waals surface area contributed by atoms with Gasteiger partial charge in [0.1, 0.15) is 11.2 Å². The number of hydrogen-bond donors (Lipinski definition) is 0. The molecule has 0 saturated heterocycles. The Labute approximate surface area is 379 Å². The van der Waals surface area contributed by atoms with Crippen molar-refractivity contribution in [2.24, 2.45) is 23.7 Å². The summed E-state index contributed by atoms with van der Waals surface area (Å²) in [6.45, 7) is 0. The minimum atomic E-state index is 0.0302. The molecular weight excluding hydrogens is 789 g/mol. The highest BCUT2D eigenvalue weighted by Gasteiger charge is 2.62. The smallest absolute Gasteiger partial charge is 0.160 e. The van der Waals surface area contributed by atoms with Crippen molar-refractivity contribution in [2.75, 3.05) is 0 Å². The molecule has 4 bridgehead atoms. The number of benzene rings is 8. The summed E-state index contributed by atoms with van der Waals surface area (Å²) in [5.74, 6) is 3.81. The summed E-state index contributed by atoms with van der Waals surface area (Å²) < 4.78 is 6.31. The summed E-state index contributed by atoms with van der Waals surface area (Å²) in [6.07, 6.45) is 6.84. The number of hydrogen-bond acceptors (Lipinski definition) is 3. The van der Waals surface area contributed by atoms with Crippen LogP contribution in [0.5, 0.6) is 0 Å². The first-order valence-electron chi connectivity index (χ1n) is 23.6. The Balaban J connectivity index is 0.919. The lowest BCUT2D eigenvalue weighted by atomic mass is 9.42. The molecule has 0 amide bonds. The normalized spacial score (nSPS) is 21.3. The van der Waals surface area contributed by atoms with E-state index in [-0.39, 0.29) is 5.41 Å².